The van der Waals surface area contributed by atoms with Crippen molar-refractivity contribution in [2.24, 2.45) is 5.73 Å². The molecule has 1 aliphatic rings. The van der Waals surface area contributed by atoms with Crippen LogP contribution in [0.25, 0.3) is 0 Å². The van der Waals surface area contributed by atoms with Gasteiger partial charge < -0.3 is 10.5 Å². The van der Waals surface area contributed by atoms with E-state index in [0.717, 1.165) is 6.42 Å². The van der Waals surface area contributed by atoms with E-state index < -0.39 is 10.0 Å². The summed E-state index contributed by atoms with van der Waals surface area (Å²) in [7, 11) is -3.46. The molecule has 0 saturated heterocycles. The number of rotatable bonds is 5. The Bertz CT molecular complexity index is 596. The van der Waals surface area contributed by atoms with Gasteiger partial charge in [0.1, 0.15) is 5.75 Å². The summed E-state index contributed by atoms with van der Waals surface area (Å²) in [4.78, 5) is 0.275. The molecule has 0 atom stereocenters. The van der Waals surface area contributed by atoms with E-state index in [1.807, 2.05) is 19.1 Å². The standard InChI is InChI=1S/C14H20N2O3S/c1-2-19-14-7-6-13(10-12(14)11-15)20(17,18)16-8-4-3-5-9-16/h3-4,6-7,10H,2,5,8-9,11,15H2,1H3. The average Bonchev–Trinajstić information content (AvgIpc) is 2.48. The summed E-state index contributed by atoms with van der Waals surface area (Å²) < 4.78 is 32.0. The van der Waals surface area contributed by atoms with Crippen molar-refractivity contribution < 1.29 is 13.2 Å². The van der Waals surface area contributed by atoms with Crippen LogP contribution in [-0.2, 0) is 16.6 Å². The molecule has 0 aromatic heterocycles. The van der Waals surface area contributed by atoms with Crippen molar-refractivity contribution in [3.63, 3.8) is 0 Å². The van der Waals surface area contributed by atoms with Crippen molar-refractivity contribution in [1.29, 1.82) is 0 Å². The van der Waals surface area contributed by atoms with Gasteiger partial charge in [0.05, 0.1) is 11.5 Å². The molecular weight excluding hydrogens is 276 g/mol. The lowest BCUT2D eigenvalue weighted by Gasteiger charge is -2.23. The molecule has 6 heteroatoms. The minimum absolute atomic E-state index is 0.249. The van der Waals surface area contributed by atoms with E-state index in [1.54, 1.807) is 18.2 Å². The van der Waals surface area contributed by atoms with Gasteiger partial charge in [-0.1, -0.05) is 12.2 Å². The van der Waals surface area contributed by atoms with Crippen LogP contribution in [0.3, 0.4) is 0 Å². The number of nitrogens with zero attached hydrogens (tertiary/aromatic N) is 1. The van der Waals surface area contributed by atoms with Gasteiger partial charge >= 0.3 is 0 Å². The minimum Gasteiger partial charge on any atom is -0.494 e. The highest BCUT2D eigenvalue weighted by atomic mass is 32.2. The maximum absolute atomic E-state index is 12.5. The van der Waals surface area contributed by atoms with Crippen molar-refractivity contribution >= 4 is 10.0 Å². The van der Waals surface area contributed by atoms with E-state index >= 15 is 0 Å². The van der Waals surface area contributed by atoms with Crippen LogP contribution in [0.2, 0.25) is 0 Å². The summed E-state index contributed by atoms with van der Waals surface area (Å²) in [5.74, 6) is 0.646. The van der Waals surface area contributed by atoms with Gasteiger partial charge in [-0.15, -0.1) is 0 Å². The van der Waals surface area contributed by atoms with Crippen LogP contribution in [-0.4, -0.2) is 32.4 Å². The topological polar surface area (TPSA) is 72.6 Å². The highest BCUT2D eigenvalue weighted by molar-refractivity contribution is 7.89. The highest BCUT2D eigenvalue weighted by Gasteiger charge is 2.25. The van der Waals surface area contributed by atoms with Crippen molar-refractivity contribution in [3.8, 4) is 5.75 Å². The Hall–Kier alpha value is -1.37. The first kappa shape index (κ1) is 15.0. The normalized spacial score (nSPS) is 16.3. The molecular formula is C14H20N2O3S. The Morgan fingerprint density at radius 3 is 2.75 bits per heavy atom. The molecule has 0 amide bonds. The van der Waals surface area contributed by atoms with Gasteiger partial charge in [0.2, 0.25) is 10.0 Å². The van der Waals surface area contributed by atoms with Crippen molar-refractivity contribution in [2.75, 3.05) is 19.7 Å². The quantitative estimate of drug-likeness (QED) is 0.836. The Morgan fingerprint density at radius 1 is 1.35 bits per heavy atom. The maximum Gasteiger partial charge on any atom is 0.243 e. The Labute approximate surface area is 120 Å². The average molecular weight is 296 g/mol. The molecule has 0 bridgehead atoms. The zero-order chi connectivity index (χ0) is 14.6. The molecule has 1 aromatic carbocycles. The van der Waals surface area contributed by atoms with E-state index in [1.165, 1.54) is 4.31 Å². The molecule has 1 aromatic rings. The van der Waals surface area contributed by atoms with Crippen LogP contribution in [0.1, 0.15) is 18.9 Å². The van der Waals surface area contributed by atoms with Gasteiger partial charge in [-0.3, -0.25) is 0 Å². The van der Waals surface area contributed by atoms with Gasteiger partial charge in [0.25, 0.3) is 0 Å². The van der Waals surface area contributed by atoms with Crippen molar-refractivity contribution in [3.05, 3.63) is 35.9 Å². The van der Waals surface area contributed by atoms with E-state index in [2.05, 4.69) is 0 Å². The second-order valence-electron chi connectivity index (χ2n) is 4.53. The van der Waals surface area contributed by atoms with Crippen LogP contribution >= 0.6 is 0 Å². The molecule has 1 aliphatic heterocycles. The molecule has 0 spiro atoms. The van der Waals surface area contributed by atoms with Crippen LogP contribution in [0, 0.1) is 0 Å². The monoisotopic (exact) mass is 296 g/mol. The molecule has 2 N–H and O–H groups in total. The van der Waals surface area contributed by atoms with Crippen LogP contribution < -0.4 is 10.5 Å². The SMILES string of the molecule is CCOc1ccc(S(=O)(=O)N2CC=CCC2)cc1CN. The Kier molecular flexibility index (Phi) is 4.80. The molecule has 2 rings (SSSR count). The minimum atomic E-state index is -3.46. The molecule has 0 aliphatic carbocycles. The largest absolute Gasteiger partial charge is 0.494 e. The van der Waals surface area contributed by atoms with E-state index in [0.29, 0.717) is 31.0 Å². The van der Waals surface area contributed by atoms with Crippen LogP contribution in [0.15, 0.2) is 35.2 Å². The predicted octanol–water partition coefficient (Wildman–Crippen LogP) is 1.49. The van der Waals surface area contributed by atoms with Crippen molar-refractivity contribution in [1.82, 2.24) is 4.31 Å². The van der Waals surface area contributed by atoms with E-state index in [9.17, 15) is 8.42 Å². The summed E-state index contributed by atoms with van der Waals surface area (Å²) >= 11 is 0. The number of hydrogen-bond acceptors (Lipinski definition) is 4. The lowest BCUT2D eigenvalue weighted by atomic mass is 10.2. The van der Waals surface area contributed by atoms with E-state index in [4.69, 9.17) is 10.5 Å². The molecule has 0 radical (unpaired) electrons. The summed E-state index contributed by atoms with van der Waals surface area (Å²) in [6.45, 7) is 3.59. The van der Waals surface area contributed by atoms with Gasteiger partial charge in [-0.25, -0.2) is 8.42 Å². The Balaban J connectivity index is 2.34. The fourth-order valence-corrected chi connectivity index (χ4v) is 3.62. The number of nitrogens with two attached hydrogens (primary N) is 1. The molecule has 0 saturated carbocycles. The first-order chi connectivity index (χ1) is 9.59. The highest BCUT2D eigenvalue weighted by Crippen LogP contribution is 2.25. The molecule has 5 nitrogen and oxygen atoms in total. The molecule has 0 fully saturated rings. The first-order valence-corrected chi connectivity index (χ1v) is 8.14. The third kappa shape index (κ3) is 3.03. The summed E-state index contributed by atoms with van der Waals surface area (Å²) in [6.07, 6.45) is 4.62. The lowest BCUT2D eigenvalue weighted by Crippen LogP contribution is -2.33. The summed E-state index contributed by atoms with van der Waals surface area (Å²) in [5.41, 5.74) is 6.38. The number of hydrogen-bond donors (Lipinski definition) is 1. The third-order valence-electron chi connectivity index (χ3n) is 3.21. The smallest absolute Gasteiger partial charge is 0.243 e. The molecule has 1 heterocycles. The summed E-state index contributed by atoms with van der Waals surface area (Å²) in [5, 5.41) is 0. The zero-order valence-corrected chi connectivity index (χ0v) is 12.4. The number of sulfonamides is 1. The second-order valence-corrected chi connectivity index (χ2v) is 6.47. The van der Waals surface area contributed by atoms with Gasteiger partial charge in [0, 0.05) is 25.2 Å². The molecule has 20 heavy (non-hydrogen) atoms. The molecule has 110 valence electrons. The fraction of sp³-hybridized carbons (Fsp3) is 0.429. The zero-order valence-electron chi connectivity index (χ0n) is 11.6. The first-order valence-electron chi connectivity index (χ1n) is 6.70. The summed E-state index contributed by atoms with van der Waals surface area (Å²) in [6, 6.07) is 4.87. The van der Waals surface area contributed by atoms with Crippen molar-refractivity contribution in [2.45, 2.75) is 24.8 Å². The fourth-order valence-electron chi connectivity index (χ4n) is 2.16. The Morgan fingerprint density at radius 2 is 2.15 bits per heavy atom. The van der Waals surface area contributed by atoms with E-state index in [-0.39, 0.29) is 11.4 Å². The number of ether oxygens (including phenoxy) is 1. The predicted molar refractivity (Wildman–Crippen MR) is 78.0 cm³/mol. The van der Waals surface area contributed by atoms with Crippen LogP contribution in [0.5, 0.6) is 5.75 Å². The van der Waals surface area contributed by atoms with Gasteiger partial charge in [0.15, 0.2) is 0 Å². The second kappa shape index (κ2) is 6.39. The molecule has 0 unspecified atom stereocenters. The van der Waals surface area contributed by atoms with Crippen LogP contribution in [0.4, 0.5) is 0 Å². The third-order valence-corrected chi connectivity index (χ3v) is 5.07. The number of benzene rings is 1. The lowest BCUT2D eigenvalue weighted by molar-refractivity contribution is 0.336. The van der Waals surface area contributed by atoms with Gasteiger partial charge in [-0.05, 0) is 31.5 Å². The van der Waals surface area contributed by atoms with Gasteiger partial charge in [-0.2, -0.15) is 4.31 Å². The maximum atomic E-state index is 12.5.